The third kappa shape index (κ3) is 2.16. The van der Waals surface area contributed by atoms with Gasteiger partial charge in [-0.1, -0.05) is 6.92 Å². The lowest BCUT2D eigenvalue weighted by molar-refractivity contribution is 0.451. The monoisotopic (exact) mass is 221 g/mol. The molecular formula is C12H19N3O. The lowest BCUT2D eigenvalue weighted by Gasteiger charge is -2.23. The molecule has 88 valence electrons. The molecular weight excluding hydrogens is 202 g/mol. The van der Waals surface area contributed by atoms with Gasteiger partial charge in [-0.25, -0.2) is 4.79 Å². The molecule has 0 bridgehead atoms. The molecule has 0 spiro atoms. The molecule has 1 aliphatic rings. The van der Waals surface area contributed by atoms with Gasteiger partial charge in [0.2, 0.25) is 0 Å². The Morgan fingerprint density at radius 3 is 2.94 bits per heavy atom. The summed E-state index contributed by atoms with van der Waals surface area (Å²) in [5.41, 5.74) is 2.98. The maximum Gasteiger partial charge on any atom is 0.345 e. The van der Waals surface area contributed by atoms with E-state index in [9.17, 15) is 4.79 Å². The number of aromatic nitrogens is 2. The van der Waals surface area contributed by atoms with Gasteiger partial charge in [0.15, 0.2) is 0 Å². The fourth-order valence-corrected chi connectivity index (χ4v) is 2.43. The van der Waals surface area contributed by atoms with E-state index in [-0.39, 0.29) is 5.69 Å². The molecule has 1 aromatic rings. The summed E-state index contributed by atoms with van der Waals surface area (Å²) in [5.74, 6) is 0.404. The average molecular weight is 221 g/mol. The van der Waals surface area contributed by atoms with Crippen molar-refractivity contribution in [2.45, 2.75) is 39.0 Å². The summed E-state index contributed by atoms with van der Waals surface area (Å²) in [6.45, 7) is 6.15. The van der Waals surface area contributed by atoms with Crippen LogP contribution in [0.3, 0.4) is 0 Å². The van der Waals surface area contributed by atoms with E-state index in [1.165, 1.54) is 6.42 Å². The normalized spacial score (nSPS) is 21.0. The molecule has 2 heterocycles. The molecule has 4 heteroatoms. The van der Waals surface area contributed by atoms with Crippen LogP contribution in [0, 0.1) is 6.92 Å². The van der Waals surface area contributed by atoms with E-state index in [4.69, 9.17) is 0 Å². The summed E-state index contributed by atoms with van der Waals surface area (Å²) < 4.78 is 0. The quantitative estimate of drug-likeness (QED) is 0.786. The van der Waals surface area contributed by atoms with Crippen molar-refractivity contribution in [3.05, 3.63) is 27.4 Å². The number of piperidine rings is 1. The molecule has 2 rings (SSSR count). The van der Waals surface area contributed by atoms with Crippen LogP contribution in [0.15, 0.2) is 4.79 Å². The molecule has 2 N–H and O–H groups in total. The highest BCUT2D eigenvalue weighted by Gasteiger charge is 2.20. The number of nitrogens with zero attached hydrogens (tertiary/aromatic N) is 1. The van der Waals surface area contributed by atoms with Crippen molar-refractivity contribution < 1.29 is 0 Å². The number of aromatic amines is 1. The Hall–Kier alpha value is -1.16. The Morgan fingerprint density at radius 2 is 2.31 bits per heavy atom. The lowest BCUT2D eigenvalue weighted by atomic mass is 9.92. The van der Waals surface area contributed by atoms with Crippen molar-refractivity contribution in [3.8, 4) is 0 Å². The summed E-state index contributed by atoms with van der Waals surface area (Å²) in [6, 6.07) is 0. The zero-order chi connectivity index (χ0) is 11.5. The summed E-state index contributed by atoms with van der Waals surface area (Å²) in [5, 5.41) is 3.37. The Kier molecular flexibility index (Phi) is 3.39. The van der Waals surface area contributed by atoms with Crippen molar-refractivity contribution in [1.29, 1.82) is 0 Å². The number of H-pyrrole nitrogens is 1. The largest absolute Gasteiger partial charge is 0.345 e. The third-order valence-corrected chi connectivity index (χ3v) is 3.35. The predicted octanol–water partition coefficient (Wildman–Crippen LogP) is 1.11. The number of aryl methyl sites for hydroxylation is 1. The number of hydrogen-bond donors (Lipinski definition) is 2. The number of hydrogen-bond acceptors (Lipinski definition) is 3. The molecule has 4 nitrogen and oxygen atoms in total. The Balaban J connectivity index is 2.38. The molecule has 16 heavy (non-hydrogen) atoms. The minimum absolute atomic E-state index is 0.206. The summed E-state index contributed by atoms with van der Waals surface area (Å²) in [6.07, 6.45) is 3.16. The molecule has 1 unspecified atom stereocenters. The zero-order valence-corrected chi connectivity index (χ0v) is 9.97. The first-order valence-electron chi connectivity index (χ1n) is 6.02. The molecule has 0 aromatic carbocycles. The van der Waals surface area contributed by atoms with Gasteiger partial charge in [0.25, 0.3) is 0 Å². The minimum atomic E-state index is -0.206. The highest BCUT2D eigenvalue weighted by Crippen LogP contribution is 2.24. The Morgan fingerprint density at radius 1 is 1.50 bits per heavy atom. The predicted molar refractivity (Wildman–Crippen MR) is 63.8 cm³/mol. The van der Waals surface area contributed by atoms with Gasteiger partial charge < -0.3 is 10.3 Å². The van der Waals surface area contributed by atoms with Crippen LogP contribution < -0.4 is 11.0 Å². The van der Waals surface area contributed by atoms with Gasteiger partial charge in [-0.2, -0.15) is 4.98 Å². The SMILES string of the molecule is CCc1[nH]c(=O)nc(C2CCCNC2)c1C. The van der Waals surface area contributed by atoms with E-state index in [2.05, 4.69) is 29.1 Å². The molecule has 0 radical (unpaired) electrons. The summed E-state index contributed by atoms with van der Waals surface area (Å²) >= 11 is 0. The first-order valence-corrected chi connectivity index (χ1v) is 6.02. The van der Waals surface area contributed by atoms with Gasteiger partial charge in [0.05, 0.1) is 5.69 Å². The summed E-state index contributed by atoms with van der Waals surface area (Å²) in [7, 11) is 0. The van der Waals surface area contributed by atoms with Gasteiger partial charge in [-0.3, -0.25) is 0 Å². The summed E-state index contributed by atoms with van der Waals surface area (Å²) in [4.78, 5) is 18.4. The van der Waals surface area contributed by atoms with Crippen LogP contribution in [0.2, 0.25) is 0 Å². The molecule has 1 fully saturated rings. The van der Waals surface area contributed by atoms with Crippen LogP contribution >= 0.6 is 0 Å². The Labute approximate surface area is 95.5 Å². The molecule has 0 amide bonds. The third-order valence-electron chi connectivity index (χ3n) is 3.35. The lowest BCUT2D eigenvalue weighted by Crippen LogP contribution is -2.31. The second kappa shape index (κ2) is 4.78. The molecule has 1 aromatic heterocycles. The zero-order valence-electron chi connectivity index (χ0n) is 9.97. The van der Waals surface area contributed by atoms with E-state index in [1.54, 1.807) is 0 Å². The fraction of sp³-hybridized carbons (Fsp3) is 0.667. The molecule has 0 aliphatic carbocycles. The van der Waals surface area contributed by atoms with Crippen molar-refractivity contribution in [1.82, 2.24) is 15.3 Å². The first-order chi connectivity index (χ1) is 7.72. The van der Waals surface area contributed by atoms with Crippen molar-refractivity contribution >= 4 is 0 Å². The maximum atomic E-state index is 11.5. The molecule has 1 aliphatic heterocycles. The van der Waals surface area contributed by atoms with Gasteiger partial charge >= 0.3 is 5.69 Å². The minimum Gasteiger partial charge on any atom is -0.316 e. The van der Waals surface area contributed by atoms with E-state index >= 15 is 0 Å². The smallest absolute Gasteiger partial charge is 0.316 e. The van der Waals surface area contributed by atoms with Crippen molar-refractivity contribution in [2.24, 2.45) is 0 Å². The van der Waals surface area contributed by atoms with Crippen molar-refractivity contribution in [2.75, 3.05) is 13.1 Å². The van der Waals surface area contributed by atoms with Crippen LogP contribution in [0.1, 0.15) is 42.6 Å². The maximum absolute atomic E-state index is 11.5. The highest BCUT2D eigenvalue weighted by atomic mass is 16.1. The fourth-order valence-electron chi connectivity index (χ4n) is 2.43. The topological polar surface area (TPSA) is 57.8 Å². The molecule has 1 atom stereocenters. The highest BCUT2D eigenvalue weighted by molar-refractivity contribution is 5.26. The number of rotatable bonds is 2. The van der Waals surface area contributed by atoms with Gasteiger partial charge in [-0.15, -0.1) is 0 Å². The number of nitrogens with one attached hydrogen (secondary N) is 2. The van der Waals surface area contributed by atoms with E-state index in [0.717, 1.165) is 42.9 Å². The van der Waals surface area contributed by atoms with Crippen LogP contribution in [0.5, 0.6) is 0 Å². The Bertz CT molecular complexity index is 419. The van der Waals surface area contributed by atoms with E-state index < -0.39 is 0 Å². The van der Waals surface area contributed by atoms with Crippen LogP contribution in [-0.2, 0) is 6.42 Å². The van der Waals surface area contributed by atoms with Gasteiger partial charge in [0.1, 0.15) is 0 Å². The van der Waals surface area contributed by atoms with Crippen LogP contribution in [-0.4, -0.2) is 23.1 Å². The second-order valence-corrected chi connectivity index (χ2v) is 4.43. The average Bonchev–Trinajstić information content (AvgIpc) is 2.33. The second-order valence-electron chi connectivity index (χ2n) is 4.43. The van der Waals surface area contributed by atoms with Gasteiger partial charge in [0, 0.05) is 18.2 Å². The van der Waals surface area contributed by atoms with Crippen LogP contribution in [0.25, 0.3) is 0 Å². The van der Waals surface area contributed by atoms with Crippen molar-refractivity contribution in [3.63, 3.8) is 0 Å². The van der Waals surface area contributed by atoms with E-state index in [0.29, 0.717) is 5.92 Å². The molecule has 0 saturated carbocycles. The van der Waals surface area contributed by atoms with E-state index in [1.807, 2.05) is 0 Å². The van der Waals surface area contributed by atoms with Gasteiger partial charge in [-0.05, 0) is 38.3 Å². The molecule has 1 saturated heterocycles. The first kappa shape index (κ1) is 11.3. The van der Waals surface area contributed by atoms with Crippen LogP contribution in [0.4, 0.5) is 0 Å². The standard InChI is InChI=1S/C12H19N3O/c1-3-10-8(2)11(15-12(16)14-10)9-5-4-6-13-7-9/h9,13H,3-7H2,1-2H3,(H,14,15,16).